The molecule has 0 spiro atoms. The van der Waals surface area contributed by atoms with Gasteiger partial charge in [-0.2, -0.15) is 0 Å². The first-order valence-corrected chi connectivity index (χ1v) is 10.9. The molecule has 3 aromatic rings. The molecule has 2 heterocycles. The third-order valence-corrected chi connectivity index (χ3v) is 5.32. The molecule has 1 N–H and O–H groups in total. The lowest BCUT2D eigenvalue weighted by molar-refractivity contribution is 0.0553. The predicted octanol–water partition coefficient (Wildman–Crippen LogP) is 6.65. The molecule has 1 aromatic carbocycles. The molecule has 0 saturated heterocycles. The summed E-state index contributed by atoms with van der Waals surface area (Å²) >= 11 is 0. The summed E-state index contributed by atoms with van der Waals surface area (Å²) in [6, 6.07) is 7.32. The number of benzene rings is 1. The van der Waals surface area contributed by atoms with Crippen LogP contribution in [0, 0.1) is 19.7 Å². The number of aromatic nitrogens is 2. The normalized spacial score (nSPS) is 12.3. The largest absolute Gasteiger partial charge is 0.443 e. The number of nitrogens with one attached hydrogen (secondary N) is 1. The number of amides is 1. The summed E-state index contributed by atoms with van der Waals surface area (Å²) in [5.41, 5.74) is 3.61. The number of aryl methyl sites for hydroxylation is 2. The maximum absolute atomic E-state index is 13.7. The molecular formula is C25H33ClFN3O3. The van der Waals surface area contributed by atoms with Crippen molar-refractivity contribution in [2.45, 2.75) is 59.6 Å². The molecule has 0 bridgehead atoms. The summed E-state index contributed by atoms with van der Waals surface area (Å²) in [6.45, 7) is 12.4. The Balaban J connectivity index is 0.00000385. The molecule has 0 aliphatic carbocycles. The van der Waals surface area contributed by atoms with E-state index in [2.05, 4.69) is 16.9 Å². The van der Waals surface area contributed by atoms with Crippen molar-refractivity contribution in [2.24, 2.45) is 0 Å². The van der Waals surface area contributed by atoms with Crippen LogP contribution in [0.2, 0.25) is 0 Å². The standard InChI is InChI=1S/C25H32FN3O3.ClH/c1-7-31-15-13-21(23-22-20(12-14-27-23)16(2)17(3)28-22)29(24(30)32-25(4,5)6)19-10-8-18(26)9-11-19;/h8-12,14,21,28H,7,13,15H2,1-6H3;1H. The van der Waals surface area contributed by atoms with Gasteiger partial charge in [-0.3, -0.25) is 9.88 Å². The zero-order valence-corrected chi connectivity index (χ0v) is 20.9. The van der Waals surface area contributed by atoms with E-state index in [0.717, 1.165) is 22.2 Å². The summed E-state index contributed by atoms with van der Waals surface area (Å²) in [6.07, 6.45) is 1.72. The fraction of sp³-hybridized carbons (Fsp3) is 0.440. The molecule has 6 nitrogen and oxygen atoms in total. The number of pyridine rings is 1. The van der Waals surface area contributed by atoms with Crippen molar-refractivity contribution < 1.29 is 18.7 Å². The van der Waals surface area contributed by atoms with Crippen molar-refractivity contribution in [3.05, 3.63) is 59.3 Å². The van der Waals surface area contributed by atoms with Crippen molar-refractivity contribution in [1.29, 1.82) is 0 Å². The van der Waals surface area contributed by atoms with E-state index >= 15 is 0 Å². The molecule has 33 heavy (non-hydrogen) atoms. The topological polar surface area (TPSA) is 67.5 Å². The molecule has 1 amide bonds. The van der Waals surface area contributed by atoms with E-state index in [1.807, 2.05) is 40.7 Å². The number of halogens is 2. The maximum Gasteiger partial charge on any atom is 0.415 e. The van der Waals surface area contributed by atoms with Crippen molar-refractivity contribution >= 4 is 35.1 Å². The monoisotopic (exact) mass is 477 g/mol. The third-order valence-electron chi connectivity index (χ3n) is 5.32. The fourth-order valence-electron chi connectivity index (χ4n) is 3.71. The predicted molar refractivity (Wildman–Crippen MR) is 132 cm³/mol. The molecule has 180 valence electrons. The van der Waals surface area contributed by atoms with Crippen LogP contribution in [-0.2, 0) is 9.47 Å². The molecule has 0 aliphatic heterocycles. The lowest BCUT2D eigenvalue weighted by Crippen LogP contribution is -2.40. The van der Waals surface area contributed by atoms with Gasteiger partial charge in [0.1, 0.15) is 11.4 Å². The first-order chi connectivity index (χ1) is 15.1. The number of carbonyl (C=O) groups excluding carboxylic acids is 1. The molecule has 0 radical (unpaired) electrons. The number of H-pyrrole nitrogens is 1. The molecule has 3 rings (SSSR count). The van der Waals surface area contributed by atoms with E-state index in [4.69, 9.17) is 9.47 Å². The molecule has 0 fully saturated rings. The van der Waals surface area contributed by atoms with Crippen LogP contribution >= 0.6 is 12.4 Å². The molecule has 0 saturated carbocycles. The number of fused-ring (bicyclic) bond motifs is 1. The van der Waals surface area contributed by atoms with Crippen LogP contribution in [0.15, 0.2) is 36.5 Å². The van der Waals surface area contributed by atoms with Crippen LogP contribution < -0.4 is 4.90 Å². The van der Waals surface area contributed by atoms with Gasteiger partial charge in [0.25, 0.3) is 0 Å². The van der Waals surface area contributed by atoms with Crippen molar-refractivity contribution in [3.8, 4) is 0 Å². The summed E-state index contributed by atoms with van der Waals surface area (Å²) in [5, 5.41) is 1.05. The van der Waals surface area contributed by atoms with Crippen LogP contribution in [0.3, 0.4) is 0 Å². The van der Waals surface area contributed by atoms with Gasteiger partial charge in [0.05, 0.1) is 17.3 Å². The molecule has 0 aliphatic rings. The number of anilines is 1. The van der Waals surface area contributed by atoms with Crippen LogP contribution in [0.4, 0.5) is 14.9 Å². The highest BCUT2D eigenvalue weighted by molar-refractivity contribution is 5.91. The molecular weight excluding hydrogens is 445 g/mol. The summed E-state index contributed by atoms with van der Waals surface area (Å²) in [7, 11) is 0. The first-order valence-electron chi connectivity index (χ1n) is 10.9. The van der Waals surface area contributed by atoms with E-state index < -0.39 is 17.7 Å². The van der Waals surface area contributed by atoms with Gasteiger partial charge < -0.3 is 14.5 Å². The van der Waals surface area contributed by atoms with Gasteiger partial charge in [0.15, 0.2) is 0 Å². The van der Waals surface area contributed by atoms with E-state index in [1.165, 1.54) is 12.1 Å². The lowest BCUT2D eigenvalue weighted by atomic mass is 10.0. The fourth-order valence-corrected chi connectivity index (χ4v) is 3.71. The quantitative estimate of drug-likeness (QED) is 0.387. The van der Waals surface area contributed by atoms with Crippen molar-refractivity contribution in [1.82, 2.24) is 9.97 Å². The van der Waals surface area contributed by atoms with E-state index in [-0.39, 0.29) is 18.2 Å². The minimum absolute atomic E-state index is 0. The first kappa shape index (κ1) is 26.6. The Bertz CT molecular complexity index is 1080. The second kappa shape index (κ2) is 11.0. The number of hydrogen-bond donors (Lipinski definition) is 1. The van der Waals surface area contributed by atoms with Gasteiger partial charge in [0.2, 0.25) is 0 Å². The van der Waals surface area contributed by atoms with Gasteiger partial charge in [-0.1, -0.05) is 0 Å². The van der Waals surface area contributed by atoms with Gasteiger partial charge in [-0.25, -0.2) is 9.18 Å². The SMILES string of the molecule is CCOCCC(c1nccc2c(C)c(C)[nH]c12)N(C(=O)OC(C)(C)C)c1ccc(F)cc1.Cl. The number of nitrogens with zero attached hydrogens (tertiary/aromatic N) is 2. The lowest BCUT2D eigenvalue weighted by Gasteiger charge is -2.33. The molecule has 1 unspecified atom stereocenters. The number of ether oxygens (including phenoxy) is 2. The summed E-state index contributed by atoms with van der Waals surface area (Å²) in [5.74, 6) is -0.375. The van der Waals surface area contributed by atoms with Crippen molar-refractivity contribution in [2.75, 3.05) is 18.1 Å². The minimum Gasteiger partial charge on any atom is -0.443 e. The van der Waals surface area contributed by atoms with Gasteiger partial charge >= 0.3 is 6.09 Å². The Morgan fingerprint density at radius 1 is 1.18 bits per heavy atom. The van der Waals surface area contributed by atoms with Gasteiger partial charge in [-0.05, 0) is 83.9 Å². The van der Waals surface area contributed by atoms with Crippen LogP contribution in [-0.4, -0.2) is 34.9 Å². The molecule has 2 aromatic heterocycles. The third kappa shape index (κ3) is 6.24. The highest BCUT2D eigenvalue weighted by Crippen LogP contribution is 2.35. The van der Waals surface area contributed by atoms with Gasteiger partial charge in [-0.15, -0.1) is 12.4 Å². The number of carbonyl (C=O) groups is 1. The average molecular weight is 478 g/mol. The van der Waals surface area contributed by atoms with Crippen LogP contribution in [0.25, 0.3) is 10.9 Å². The zero-order chi connectivity index (χ0) is 23.5. The van der Waals surface area contributed by atoms with E-state index in [9.17, 15) is 9.18 Å². The Kier molecular flexibility index (Phi) is 8.86. The Morgan fingerprint density at radius 3 is 2.45 bits per heavy atom. The Morgan fingerprint density at radius 2 is 1.85 bits per heavy atom. The maximum atomic E-state index is 13.7. The molecule has 8 heteroatoms. The Hall–Kier alpha value is -2.64. The smallest absolute Gasteiger partial charge is 0.415 e. The summed E-state index contributed by atoms with van der Waals surface area (Å²) in [4.78, 5) is 23.1. The Labute approximate surface area is 200 Å². The molecule has 1 atom stereocenters. The summed E-state index contributed by atoms with van der Waals surface area (Å²) < 4.78 is 25.1. The average Bonchev–Trinajstić information content (AvgIpc) is 3.01. The number of hydrogen-bond acceptors (Lipinski definition) is 4. The van der Waals surface area contributed by atoms with Crippen molar-refractivity contribution in [3.63, 3.8) is 0 Å². The highest BCUT2D eigenvalue weighted by Gasteiger charge is 2.33. The second-order valence-corrected chi connectivity index (χ2v) is 8.82. The highest BCUT2D eigenvalue weighted by atomic mass is 35.5. The van der Waals surface area contributed by atoms with Gasteiger partial charge in [0, 0.05) is 36.2 Å². The van der Waals surface area contributed by atoms with Crippen LogP contribution in [0.5, 0.6) is 0 Å². The second-order valence-electron chi connectivity index (χ2n) is 8.82. The zero-order valence-electron chi connectivity index (χ0n) is 20.1. The number of rotatable bonds is 7. The number of aromatic amines is 1. The minimum atomic E-state index is -0.696. The van der Waals surface area contributed by atoms with Crippen LogP contribution in [0.1, 0.15) is 57.1 Å². The van der Waals surface area contributed by atoms with E-state index in [1.54, 1.807) is 23.2 Å². The van der Waals surface area contributed by atoms with E-state index in [0.29, 0.717) is 31.0 Å².